The number of piperidine rings is 1. The van der Waals surface area contributed by atoms with Crippen molar-refractivity contribution in [3.63, 3.8) is 0 Å². The summed E-state index contributed by atoms with van der Waals surface area (Å²) in [4.78, 5) is 16.0. The number of carbonyl (C=O) groups excluding carboxylic acids is 1. The number of nitrogens with one attached hydrogen (secondary N) is 2. The van der Waals surface area contributed by atoms with E-state index in [0.29, 0.717) is 23.8 Å². The highest BCUT2D eigenvalue weighted by atomic mass is 16.5. The molecule has 1 aromatic heterocycles. The minimum absolute atomic E-state index is 0.0974. The molecule has 1 fully saturated rings. The van der Waals surface area contributed by atoms with Gasteiger partial charge in [0.25, 0.3) is 5.91 Å². The zero-order valence-corrected chi connectivity index (χ0v) is 10.6. The van der Waals surface area contributed by atoms with Gasteiger partial charge in [-0.25, -0.2) is 0 Å². The van der Waals surface area contributed by atoms with Gasteiger partial charge in [-0.15, -0.1) is 0 Å². The highest BCUT2D eigenvalue weighted by Gasteiger charge is 2.16. The molecule has 0 spiro atoms. The monoisotopic (exact) mass is 249 g/mol. The van der Waals surface area contributed by atoms with E-state index in [1.807, 2.05) is 0 Å². The van der Waals surface area contributed by atoms with Crippen LogP contribution in [-0.4, -0.2) is 37.6 Å². The first-order valence-electron chi connectivity index (χ1n) is 6.28. The van der Waals surface area contributed by atoms with Crippen LogP contribution in [0, 0.1) is 5.92 Å². The lowest BCUT2D eigenvalue weighted by Gasteiger charge is -2.23. The number of carbonyl (C=O) groups is 1. The molecule has 18 heavy (non-hydrogen) atoms. The van der Waals surface area contributed by atoms with Crippen LogP contribution in [0.15, 0.2) is 18.5 Å². The lowest BCUT2D eigenvalue weighted by molar-refractivity contribution is 0.0941. The van der Waals surface area contributed by atoms with Crippen LogP contribution >= 0.6 is 0 Å². The van der Waals surface area contributed by atoms with Crippen molar-refractivity contribution in [1.82, 2.24) is 15.6 Å². The van der Waals surface area contributed by atoms with Crippen LogP contribution in [0.3, 0.4) is 0 Å². The molecule has 0 aromatic carbocycles. The van der Waals surface area contributed by atoms with Crippen molar-refractivity contribution in [3.8, 4) is 5.75 Å². The summed E-state index contributed by atoms with van der Waals surface area (Å²) in [5.74, 6) is 0.937. The molecule has 98 valence electrons. The number of rotatable bonds is 4. The maximum atomic E-state index is 12.0. The van der Waals surface area contributed by atoms with Crippen molar-refractivity contribution in [1.29, 1.82) is 0 Å². The van der Waals surface area contributed by atoms with Gasteiger partial charge in [0.1, 0.15) is 5.75 Å². The Morgan fingerprint density at radius 1 is 1.67 bits per heavy atom. The average molecular weight is 249 g/mol. The van der Waals surface area contributed by atoms with Crippen LogP contribution in [-0.2, 0) is 0 Å². The topological polar surface area (TPSA) is 63.2 Å². The Bertz CT molecular complexity index is 403. The van der Waals surface area contributed by atoms with Gasteiger partial charge in [-0.1, -0.05) is 0 Å². The van der Waals surface area contributed by atoms with E-state index in [4.69, 9.17) is 4.74 Å². The summed E-state index contributed by atoms with van der Waals surface area (Å²) in [6, 6.07) is 1.67. The third-order valence-corrected chi connectivity index (χ3v) is 3.20. The Balaban J connectivity index is 1.90. The van der Waals surface area contributed by atoms with Crippen molar-refractivity contribution < 1.29 is 9.53 Å². The number of methoxy groups -OCH3 is 1. The number of aromatic nitrogens is 1. The van der Waals surface area contributed by atoms with Gasteiger partial charge in [-0.05, 0) is 37.9 Å². The standard InChI is InChI=1S/C13H19N3O2/c1-18-12-9-15-6-4-11(12)13(17)16-8-10-3-2-5-14-7-10/h4,6,9-10,14H,2-3,5,7-8H2,1H3,(H,16,17). The molecule has 5 nitrogen and oxygen atoms in total. The van der Waals surface area contributed by atoms with E-state index in [2.05, 4.69) is 15.6 Å². The molecule has 0 aliphatic carbocycles. The lowest BCUT2D eigenvalue weighted by Crippen LogP contribution is -2.38. The van der Waals surface area contributed by atoms with E-state index in [-0.39, 0.29) is 5.91 Å². The molecular formula is C13H19N3O2. The molecular weight excluding hydrogens is 230 g/mol. The Morgan fingerprint density at radius 2 is 2.56 bits per heavy atom. The predicted molar refractivity (Wildman–Crippen MR) is 68.7 cm³/mol. The van der Waals surface area contributed by atoms with Gasteiger partial charge < -0.3 is 15.4 Å². The Hall–Kier alpha value is -1.62. The molecule has 0 saturated carbocycles. The van der Waals surface area contributed by atoms with Gasteiger partial charge in [-0.2, -0.15) is 0 Å². The van der Waals surface area contributed by atoms with Gasteiger partial charge in [0.2, 0.25) is 0 Å². The summed E-state index contributed by atoms with van der Waals surface area (Å²) in [5, 5.41) is 6.29. The van der Waals surface area contributed by atoms with Crippen LogP contribution in [0.25, 0.3) is 0 Å². The fourth-order valence-corrected chi connectivity index (χ4v) is 2.16. The molecule has 1 aromatic rings. The summed E-state index contributed by atoms with van der Waals surface area (Å²) < 4.78 is 5.12. The Kier molecular flexibility index (Phi) is 4.52. The number of ether oxygens (including phenoxy) is 1. The van der Waals surface area contributed by atoms with Crippen LogP contribution in [0.4, 0.5) is 0 Å². The summed E-state index contributed by atoms with van der Waals surface area (Å²) in [6.45, 7) is 2.77. The quantitative estimate of drug-likeness (QED) is 0.829. The van der Waals surface area contributed by atoms with E-state index < -0.39 is 0 Å². The maximum absolute atomic E-state index is 12.0. The molecule has 1 saturated heterocycles. The third-order valence-electron chi connectivity index (χ3n) is 3.20. The van der Waals surface area contributed by atoms with Crippen molar-refractivity contribution in [2.45, 2.75) is 12.8 Å². The fourth-order valence-electron chi connectivity index (χ4n) is 2.16. The Labute approximate surface area is 107 Å². The number of amides is 1. The largest absolute Gasteiger partial charge is 0.494 e. The van der Waals surface area contributed by atoms with Crippen LogP contribution in [0.1, 0.15) is 23.2 Å². The van der Waals surface area contributed by atoms with E-state index in [0.717, 1.165) is 13.1 Å². The van der Waals surface area contributed by atoms with Crippen molar-refractivity contribution in [2.24, 2.45) is 5.92 Å². The second-order valence-electron chi connectivity index (χ2n) is 4.50. The van der Waals surface area contributed by atoms with Gasteiger partial charge in [0.05, 0.1) is 18.9 Å². The number of hydrogen-bond acceptors (Lipinski definition) is 4. The zero-order valence-electron chi connectivity index (χ0n) is 10.6. The second kappa shape index (κ2) is 6.35. The highest BCUT2D eigenvalue weighted by Crippen LogP contribution is 2.15. The highest BCUT2D eigenvalue weighted by molar-refractivity contribution is 5.96. The summed E-state index contributed by atoms with van der Waals surface area (Å²) in [5.41, 5.74) is 0.538. The fraction of sp³-hybridized carbons (Fsp3) is 0.538. The molecule has 1 aliphatic heterocycles. The van der Waals surface area contributed by atoms with Crippen molar-refractivity contribution in [3.05, 3.63) is 24.0 Å². The zero-order chi connectivity index (χ0) is 12.8. The molecule has 0 bridgehead atoms. The van der Waals surface area contributed by atoms with E-state index in [9.17, 15) is 4.79 Å². The maximum Gasteiger partial charge on any atom is 0.255 e. The van der Waals surface area contributed by atoms with Gasteiger partial charge >= 0.3 is 0 Å². The van der Waals surface area contributed by atoms with Gasteiger partial charge in [0, 0.05) is 12.7 Å². The summed E-state index contributed by atoms with van der Waals surface area (Å²) in [7, 11) is 1.54. The first-order valence-corrected chi connectivity index (χ1v) is 6.28. The number of nitrogens with zero attached hydrogens (tertiary/aromatic N) is 1. The second-order valence-corrected chi connectivity index (χ2v) is 4.50. The number of pyridine rings is 1. The first-order chi connectivity index (χ1) is 8.81. The first kappa shape index (κ1) is 12.8. The van der Waals surface area contributed by atoms with Crippen LogP contribution in [0.2, 0.25) is 0 Å². The normalized spacial score (nSPS) is 19.3. The molecule has 1 aliphatic rings. The van der Waals surface area contributed by atoms with E-state index in [1.165, 1.54) is 12.8 Å². The third kappa shape index (κ3) is 3.20. The molecule has 2 N–H and O–H groups in total. The minimum atomic E-state index is -0.0974. The minimum Gasteiger partial charge on any atom is -0.494 e. The van der Waals surface area contributed by atoms with Crippen molar-refractivity contribution >= 4 is 5.91 Å². The average Bonchev–Trinajstić information content (AvgIpc) is 2.45. The summed E-state index contributed by atoms with van der Waals surface area (Å²) >= 11 is 0. The van der Waals surface area contributed by atoms with Gasteiger partial charge in [-0.3, -0.25) is 9.78 Å². The molecule has 1 unspecified atom stereocenters. The van der Waals surface area contributed by atoms with Crippen LogP contribution < -0.4 is 15.4 Å². The number of hydrogen-bond donors (Lipinski definition) is 2. The molecule has 2 rings (SSSR count). The molecule has 0 radical (unpaired) electrons. The van der Waals surface area contributed by atoms with Crippen LogP contribution in [0.5, 0.6) is 5.75 Å². The van der Waals surface area contributed by atoms with E-state index in [1.54, 1.807) is 25.6 Å². The van der Waals surface area contributed by atoms with Crippen molar-refractivity contribution in [2.75, 3.05) is 26.7 Å². The van der Waals surface area contributed by atoms with E-state index >= 15 is 0 Å². The molecule has 2 heterocycles. The SMILES string of the molecule is COc1cnccc1C(=O)NCC1CCCNC1. The predicted octanol–water partition coefficient (Wildman–Crippen LogP) is 0.820. The lowest BCUT2D eigenvalue weighted by atomic mass is 10.00. The molecule has 1 atom stereocenters. The smallest absolute Gasteiger partial charge is 0.255 e. The van der Waals surface area contributed by atoms with Gasteiger partial charge in [0.15, 0.2) is 0 Å². The molecule has 5 heteroatoms. The Morgan fingerprint density at radius 3 is 3.28 bits per heavy atom. The molecule has 1 amide bonds. The summed E-state index contributed by atoms with van der Waals surface area (Å²) in [6.07, 6.45) is 5.50.